The Balaban J connectivity index is 0. The van der Waals surface area contributed by atoms with Crippen molar-refractivity contribution in [2.24, 2.45) is 0 Å². The Morgan fingerprint density at radius 1 is 0.0133 bits per heavy atom. The van der Waals surface area contributed by atoms with Crippen LogP contribution in [0.1, 0.15) is 0 Å². The predicted octanol–water partition coefficient (Wildman–Crippen LogP) is -0.188. The van der Waals surface area contributed by atoms with Crippen LogP contribution in [-0.4, -0.2) is 0 Å². The van der Waals surface area contributed by atoms with Crippen LogP contribution >= 0.6 is 0 Å². The van der Waals surface area contributed by atoms with Crippen molar-refractivity contribution in [3.05, 3.63) is 0 Å². The van der Waals surface area contributed by atoms with E-state index in [1.54, 1.807) is 0 Å². The van der Waals surface area contributed by atoms with E-state index in [1.165, 1.54) is 0 Å². The molecule has 0 atom stereocenters. The van der Waals surface area contributed by atoms with Gasteiger partial charge in [-0.05, 0) is 0 Å². The van der Waals surface area contributed by atoms with Gasteiger partial charge in [0.15, 0.2) is 0 Å². The van der Waals surface area contributed by atoms with Gasteiger partial charge in [-0.25, -0.2) is 0 Å². The summed E-state index contributed by atoms with van der Waals surface area (Å²) in [4.78, 5) is 0. The Morgan fingerprint density at radius 3 is 0.0133 bits per heavy atom. The zero-order valence-electron chi connectivity index (χ0n) is 33.5. The molecule has 0 saturated carbocycles. The first-order valence-corrected chi connectivity index (χ1v) is 0. The van der Waals surface area contributed by atoms with Gasteiger partial charge < -0.3 is 0 Å². The van der Waals surface area contributed by atoms with Crippen LogP contribution in [0.4, 0.5) is 0 Å². The fourth-order valence-corrected chi connectivity index (χ4v) is 0. The van der Waals surface area contributed by atoms with Gasteiger partial charge >= 0.3 is 0 Å². The molecule has 0 aromatic rings. The van der Waals surface area contributed by atoms with Gasteiger partial charge in [0.2, 0.25) is 0 Å². The fraction of sp³-hybridized carbons (Fsp3) is 0. The summed E-state index contributed by atoms with van der Waals surface area (Å²) < 4.78 is 0. The molecule has 0 aliphatic heterocycles. The number of rotatable bonds is 0. The fourth-order valence-electron chi connectivity index (χ4n) is 0. The van der Waals surface area contributed by atoms with Gasteiger partial charge in [-0.1, -0.05) is 0 Å². The molecule has 0 rings (SSSR count). The van der Waals surface area contributed by atoms with E-state index in [4.69, 9.17) is 0 Å². The molecule has 75 heteroatoms. The normalized spacial score (nSPS) is 0. The third kappa shape index (κ3) is 823. The summed E-state index contributed by atoms with van der Waals surface area (Å²) in [5, 5.41) is 0. The van der Waals surface area contributed by atoms with Gasteiger partial charge in [0.25, 0.3) is 0 Å². The van der Waals surface area contributed by atoms with E-state index in [-0.39, 0.29) is 1390 Å². The third-order valence-corrected chi connectivity index (χ3v) is 0. The Bertz CT molecular complexity index is 0. The van der Waals surface area contributed by atoms with Crippen molar-refractivity contribution in [1.82, 2.24) is 0 Å². The van der Waals surface area contributed by atoms with Gasteiger partial charge in [0, 0.05) is 1390 Å². The molecule has 0 saturated heterocycles. The summed E-state index contributed by atoms with van der Waals surface area (Å²) in [6.07, 6.45) is 0. The van der Waals surface area contributed by atoms with Crippen molar-refractivity contribution in [1.29, 1.82) is 0 Å². The summed E-state index contributed by atoms with van der Waals surface area (Å²) in [6.45, 7) is 0. The maximum absolute atomic E-state index is 0. The molecule has 0 aliphatic carbocycles. The molecule has 0 bridgehead atoms. The molecule has 0 fully saturated rings. The second-order valence-electron chi connectivity index (χ2n) is 0. The maximum Gasteiger partial charge on any atom is 0 e. The summed E-state index contributed by atoms with van der Waals surface area (Å²) in [5.74, 6) is 0. The largest absolute Gasteiger partial charge is 0 e. The van der Waals surface area contributed by atoms with Gasteiger partial charge in [0.1, 0.15) is 0 Å². The summed E-state index contributed by atoms with van der Waals surface area (Å²) >= 11 is 0. The quantitative estimate of drug-likeness (QED) is 0.317. The molecule has 375 valence electrons. The second kappa shape index (κ2) is 837. The first-order chi connectivity index (χ1) is 0. The van der Waals surface area contributed by atoms with Crippen molar-refractivity contribution in [2.75, 3.05) is 0 Å². The maximum atomic E-state index is 0. The van der Waals surface area contributed by atoms with Crippen LogP contribution in [0, 0.1) is 0 Å². The van der Waals surface area contributed by atoms with Crippen LogP contribution in [0.5, 0.6) is 0 Å². The zero-order valence-corrected chi connectivity index (χ0v) is 138. The summed E-state index contributed by atoms with van der Waals surface area (Å²) in [5.41, 5.74) is 0. The Morgan fingerprint density at radius 2 is 0.0133 bits per heavy atom. The van der Waals surface area contributed by atoms with Crippen molar-refractivity contribution in [2.45, 2.75) is 0 Å². The van der Waals surface area contributed by atoms with E-state index in [0.717, 1.165) is 0 Å². The SMILES string of the molecule is [V].[V].[V].[V].[V].[V].[V].[V].[V].[V].[V].[V].[V].[V].[V].[V].[V].[V].[V].[V].[V].[V].[V].[V].[V].[V].[V].[V].[V].[V].[V].[V].[V].[V].[V].[V].[V].[V].[V].[V].[V].[V].[V].[V].[V].[V].[V].[V].[V].[V].[V].[V].[V].[V].[V].[V].[V].[V].[V].[V].[V].[V].[V].[V].[V].[V].[V].[V].[V].[V].[V].[V].[V].[V].[V]. The van der Waals surface area contributed by atoms with E-state index in [1.807, 2.05) is 0 Å². The molecule has 0 aromatic heterocycles. The molecule has 0 spiro atoms. The molecular weight excluding hydrogens is 3820 g/mol. The van der Waals surface area contributed by atoms with Gasteiger partial charge in [-0.3, -0.25) is 0 Å². The monoisotopic (exact) mass is 3820 g/mol. The minimum Gasteiger partial charge on any atom is 0 e. The van der Waals surface area contributed by atoms with Crippen molar-refractivity contribution < 1.29 is 1390 Å². The number of hydrogen-bond donors (Lipinski definition) is 0. The predicted molar refractivity (Wildman–Crippen MR) is 0 cm³/mol. The smallest absolute Gasteiger partial charge is 0 e. The van der Waals surface area contributed by atoms with Crippen LogP contribution in [-0.2, 0) is 1390 Å². The van der Waals surface area contributed by atoms with E-state index in [0.29, 0.717) is 0 Å². The van der Waals surface area contributed by atoms with Crippen molar-refractivity contribution in [3.63, 3.8) is 0 Å². The minimum atomic E-state index is 0. The van der Waals surface area contributed by atoms with E-state index in [2.05, 4.69) is 0 Å². The zero-order chi connectivity index (χ0) is 0. The molecule has 75 radical (unpaired) electrons. The molecule has 0 nitrogen and oxygen atoms in total. The Kier molecular flexibility index (Phi) is 9590. The van der Waals surface area contributed by atoms with Crippen LogP contribution < -0.4 is 0 Å². The van der Waals surface area contributed by atoms with Gasteiger partial charge in [-0.15, -0.1) is 0 Å². The van der Waals surface area contributed by atoms with Crippen LogP contribution in [0.15, 0.2) is 0 Å². The number of hydrogen-bond acceptors (Lipinski definition) is 0. The van der Waals surface area contributed by atoms with E-state index in [9.17, 15) is 0 Å². The van der Waals surface area contributed by atoms with E-state index < -0.39 is 0 Å². The van der Waals surface area contributed by atoms with Gasteiger partial charge in [-0.2, -0.15) is 0 Å². The molecule has 0 N–H and O–H groups in total. The third-order valence-electron chi connectivity index (χ3n) is 0. The Hall–Kier alpha value is 43.8. The molecule has 0 aromatic carbocycles. The molecule has 0 amide bonds. The average Bonchev–Trinajstić information content (AvgIpc) is 0. The topological polar surface area (TPSA) is 0 Å². The average molecular weight is 3820 g/mol. The molecule has 0 aliphatic rings. The first-order valence-electron chi connectivity index (χ1n) is 0. The van der Waals surface area contributed by atoms with Crippen molar-refractivity contribution in [3.8, 4) is 0 Å². The molecule has 75 heavy (non-hydrogen) atoms. The second-order valence-corrected chi connectivity index (χ2v) is 0. The standard InChI is InChI=1S/75V. The van der Waals surface area contributed by atoms with Crippen LogP contribution in [0.2, 0.25) is 0 Å². The molecular formula is V75. The minimum absolute atomic E-state index is 0. The van der Waals surface area contributed by atoms with Crippen LogP contribution in [0.3, 0.4) is 0 Å². The van der Waals surface area contributed by atoms with E-state index >= 15 is 0 Å². The summed E-state index contributed by atoms with van der Waals surface area (Å²) in [6, 6.07) is 0. The Labute approximate surface area is 1350 Å². The van der Waals surface area contributed by atoms with Crippen LogP contribution in [0.25, 0.3) is 0 Å². The first kappa shape index (κ1) is 859. The molecule has 0 heterocycles. The summed E-state index contributed by atoms with van der Waals surface area (Å²) in [7, 11) is 0. The molecule has 0 unspecified atom stereocenters. The van der Waals surface area contributed by atoms with Gasteiger partial charge in [0.05, 0.1) is 0 Å². The van der Waals surface area contributed by atoms with Crippen molar-refractivity contribution >= 4 is 0 Å².